The number of ether oxygens (including phenoxy) is 2. The van der Waals surface area contributed by atoms with E-state index < -0.39 is 23.7 Å². The van der Waals surface area contributed by atoms with Gasteiger partial charge in [-0.25, -0.2) is 4.39 Å². The maximum Gasteiger partial charge on any atom is 0.271 e. The molecule has 3 aromatic rings. The number of carbonyl (C=O) groups excluding carboxylic acids is 2. The number of hydrogen-bond acceptors (Lipinski definition) is 7. The van der Waals surface area contributed by atoms with Crippen LogP contribution in [0.1, 0.15) is 48.3 Å². The smallest absolute Gasteiger partial charge is 0.271 e. The van der Waals surface area contributed by atoms with Crippen LogP contribution >= 0.6 is 0 Å². The first-order valence-corrected chi connectivity index (χ1v) is 11.5. The van der Waals surface area contributed by atoms with Gasteiger partial charge >= 0.3 is 0 Å². The van der Waals surface area contributed by atoms with E-state index >= 15 is 4.39 Å². The Balaban J connectivity index is 1.94. The first-order chi connectivity index (χ1) is 17.7. The molecule has 2 amide bonds. The number of nitrogen functional groups attached to an aromatic ring is 1. The van der Waals surface area contributed by atoms with E-state index in [1.807, 2.05) is 0 Å². The van der Waals surface area contributed by atoms with Gasteiger partial charge in [-0.3, -0.25) is 30.8 Å². The first kappa shape index (κ1) is 26.9. The molecule has 0 aliphatic rings. The van der Waals surface area contributed by atoms with Gasteiger partial charge in [0.2, 0.25) is 0 Å². The quantitative estimate of drug-likeness (QED) is 0.160. The minimum absolute atomic E-state index is 0.0386. The Morgan fingerprint density at radius 1 is 1.08 bits per heavy atom. The van der Waals surface area contributed by atoms with Gasteiger partial charge in [0.1, 0.15) is 17.7 Å². The molecule has 2 aromatic carbocycles. The maximum atomic E-state index is 15.4. The third kappa shape index (κ3) is 7.17. The van der Waals surface area contributed by atoms with Crippen molar-refractivity contribution in [1.29, 1.82) is 5.41 Å². The maximum absolute atomic E-state index is 15.4. The summed E-state index contributed by atoms with van der Waals surface area (Å²) in [5, 5.41) is 10.5. The van der Waals surface area contributed by atoms with Crippen LogP contribution in [0.2, 0.25) is 0 Å². The van der Waals surface area contributed by atoms with Crippen LogP contribution in [0.3, 0.4) is 0 Å². The summed E-state index contributed by atoms with van der Waals surface area (Å²) in [6.07, 6.45) is 2.62. The number of hydrazine groups is 1. The lowest BCUT2D eigenvalue weighted by atomic mass is 10.0. The molecule has 0 spiro atoms. The Hall–Kier alpha value is -4.67. The number of halogens is 1. The van der Waals surface area contributed by atoms with E-state index in [0.29, 0.717) is 11.3 Å². The van der Waals surface area contributed by atoms with Gasteiger partial charge in [0.05, 0.1) is 18.3 Å². The van der Waals surface area contributed by atoms with Crippen molar-refractivity contribution in [2.75, 3.05) is 11.9 Å². The Kier molecular flexibility index (Phi) is 8.98. The highest BCUT2D eigenvalue weighted by atomic mass is 19.1. The zero-order valence-corrected chi connectivity index (χ0v) is 20.7. The highest BCUT2D eigenvalue weighted by molar-refractivity contribution is 5.96. The standard InChI is InChI=1S/C26H29FN6O4/c1-4-36-21-12-19(20(27)13-22(21)37-15(2)3)23(31-18-9-7-16(8-10-18)24(28)29)26(35)33-32-25(34)17-6-5-11-30-14-17/h5-15,23,31H,4H2,1-3H3,(H3,28,29)(H,32,34)(H,33,35). The molecule has 0 aliphatic heterocycles. The third-order valence-electron chi connectivity index (χ3n) is 5.03. The zero-order valence-electron chi connectivity index (χ0n) is 20.7. The summed E-state index contributed by atoms with van der Waals surface area (Å²) in [7, 11) is 0. The molecule has 3 rings (SSSR count). The Labute approximate surface area is 213 Å². The predicted molar refractivity (Wildman–Crippen MR) is 137 cm³/mol. The van der Waals surface area contributed by atoms with Crippen LogP contribution < -0.4 is 31.4 Å². The van der Waals surface area contributed by atoms with E-state index in [2.05, 4.69) is 21.2 Å². The molecule has 1 heterocycles. The van der Waals surface area contributed by atoms with Crippen molar-refractivity contribution in [3.63, 3.8) is 0 Å². The van der Waals surface area contributed by atoms with Crippen LogP contribution in [0.15, 0.2) is 60.9 Å². The monoisotopic (exact) mass is 508 g/mol. The highest BCUT2D eigenvalue weighted by Gasteiger charge is 2.27. The van der Waals surface area contributed by atoms with Gasteiger partial charge in [0, 0.05) is 35.3 Å². The number of aromatic nitrogens is 1. The molecule has 6 N–H and O–H groups in total. The van der Waals surface area contributed by atoms with E-state index in [-0.39, 0.29) is 41.2 Å². The molecule has 1 unspecified atom stereocenters. The molecular formula is C26H29FN6O4. The molecule has 0 saturated heterocycles. The van der Waals surface area contributed by atoms with E-state index in [4.69, 9.17) is 20.6 Å². The molecule has 11 heteroatoms. The van der Waals surface area contributed by atoms with Gasteiger partial charge in [-0.1, -0.05) is 0 Å². The summed E-state index contributed by atoms with van der Waals surface area (Å²) in [4.78, 5) is 29.5. The van der Waals surface area contributed by atoms with E-state index in [1.165, 1.54) is 24.5 Å². The lowest BCUT2D eigenvalue weighted by Gasteiger charge is -2.23. The Morgan fingerprint density at radius 2 is 1.81 bits per heavy atom. The number of carbonyl (C=O) groups is 2. The number of anilines is 1. The van der Waals surface area contributed by atoms with Crippen LogP contribution in [0.25, 0.3) is 0 Å². The summed E-state index contributed by atoms with van der Waals surface area (Å²) >= 11 is 0. The van der Waals surface area contributed by atoms with Gasteiger partial charge in [-0.05, 0) is 63.2 Å². The summed E-state index contributed by atoms with van der Waals surface area (Å²) in [5.41, 5.74) is 11.3. The van der Waals surface area contributed by atoms with Crippen molar-refractivity contribution in [2.45, 2.75) is 32.9 Å². The fourth-order valence-corrected chi connectivity index (χ4v) is 3.34. The number of pyridine rings is 1. The molecule has 1 atom stereocenters. The molecule has 0 fully saturated rings. The third-order valence-corrected chi connectivity index (χ3v) is 5.03. The van der Waals surface area contributed by atoms with Crippen molar-refractivity contribution in [3.8, 4) is 11.5 Å². The lowest BCUT2D eigenvalue weighted by molar-refractivity contribution is -0.122. The first-order valence-electron chi connectivity index (χ1n) is 11.5. The van der Waals surface area contributed by atoms with Gasteiger partial charge in [-0.15, -0.1) is 0 Å². The summed E-state index contributed by atoms with van der Waals surface area (Å²) in [6.45, 7) is 5.66. The number of rotatable bonds is 10. The fraction of sp³-hybridized carbons (Fsp3) is 0.231. The van der Waals surface area contributed by atoms with E-state index in [0.717, 1.165) is 6.07 Å². The number of nitrogens with zero attached hydrogens (tertiary/aromatic N) is 1. The second-order valence-electron chi connectivity index (χ2n) is 8.17. The minimum atomic E-state index is -1.29. The molecule has 10 nitrogen and oxygen atoms in total. The van der Waals surface area contributed by atoms with E-state index in [9.17, 15) is 9.59 Å². The topological polar surface area (TPSA) is 151 Å². The van der Waals surface area contributed by atoms with Crippen molar-refractivity contribution < 1.29 is 23.5 Å². The summed E-state index contributed by atoms with van der Waals surface area (Å²) in [6, 6.07) is 10.8. The van der Waals surface area contributed by atoms with Crippen LogP contribution in [0.4, 0.5) is 10.1 Å². The normalized spacial score (nSPS) is 11.4. The molecule has 0 radical (unpaired) electrons. The van der Waals surface area contributed by atoms with Gasteiger partial charge < -0.3 is 20.5 Å². The van der Waals surface area contributed by atoms with Gasteiger partial charge in [0.15, 0.2) is 11.5 Å². The molecule has 194 valence electrons. The average Bonchev–Trinajstić information content (AvgIpc) is 2.88. The SMILES string of the molecule is CCOc1cc(C(Nc2ccc(C(=N)N)cc2)C(=O)NNC(=O)c2cccnc2)c(F)cc1OC(C)C. The number of amidine groups is 1. The van der Waals surface area contributed by atoms with Gasteiger partial charge in [0.25, 0.3) is 11.8 Å². The Morgan fingerprint density at radius 3 is 2.41 bits per heavy atom. The molecule has 0 saturated carbocycles. The second kappa shape index (κ2) is 12.3. The van der Waals surface area contributed by atoms with Crippen molar-refractivity contribution >= 4 is 23.3 Å². The van der Waals surface area contributed by atoms with Gasteiger partial charge in [-0.2, -0.15) is 0 Å². The van der Waals surface area contributed by atoms with E-state index in [1.54, 1.807) is 51.1 Å². The van der Waals surface area contributed by atoms with Crippen LogP contribution in [-0.4, -0.2) is 35.3 Å². The lowest BCUT2D eigenvalue weighted by Crippen LogP contribution is -2.45. The number of amides is 2. The second-order valence-corrected chi connectivity index (χ2v) is 8.17. The molecule has 0 aliphatic carbocycles. The van der Waals surface area contributed by atoms with Crippen molar-refractivity contribution in [3.05, 3.63) is 83.4 Å². The average molecular weight is 509 g/mol. The molecule has 37 heavy (non-hydrogen) atoms. The largest absolute Gasteiger partial charge is 0.490 e. The minimum Gasteiger partial charge on any atom is -0.490 e. The van der Waals surface area contributed by atoms with Crippen LogP contribution in [0, 0.1) is 11.2 Å². The van der Waals surface area contributed by atoms with Crippen LogP contribution in [0.5, 0.6) is 11.5 Å². The predicted octanol–water partition coefficient (Wildman–Crippen LogP) is 3.31. The Bertz CT molecular complexity index is 1250. The van der Waals surface area contributed by atoms with Crippen molar-refractivity contribution in [2.24, 2.45) is 5.73 Å². The highest BCUT2D eigenvalue weighted by Crippen LogP contribution is 2.35. The molecule has 0 bridgehead atoms. The number of nitrogens with one attached hydrogen (secondary N) is 4. The van der Waals surface area contributed by atoms with Crippen molar-refractivity contribution in [1.82, 2.24) is 15.8 Å². The van der Waals surface area contributed by atoms with Crippen LogP contribution in [-0.2, 0) is 4.79 Å². The fourth-order valence-electron chi connectivity index (χ4n) is 3.34. The molecule has 1 aromatic heterocycles. The number of benzene rings is 2. The number of hydrogen-bond donors (Lipinski definition) is 5. The number of nitrogens with two attached hydrogens (primary N) is 1. The zero-order chi connectivity index (χ0) is 26.9. The summed E-state index contributed by atoms with van der Waals surface area (Å²) in [5.74, 6) is -1.71. The summed E-state index contributed by atoms with van der Waals surface area (Å²) < 4.78 is 26.7. The molecular weight excluding hydrogens is 479 g/mol.